The molecule has 1 aliphatic heterocycles. The van der Waals surface area contributed by atoms with Crippen LogP contribution in [0.3, 0.4) is 0 Å². The van der Waals surface area contributed by atoms with Crippen LogP contribution < -0.4 is 10.1 Å². The van der Waals surface area contributed by atoms with Crippen LogP contribution in [-0.4, -0.2) is 30.2 Å². The fourth-order valence-corrected chi connectivity index (χ4v) is 3.78. The number of thiazole rings is 1. The number of anilines is 1. The molecule has 1 saturated heterocycles. The van der Waals surface area contributed by atoms with Crippen LogP contribution in [0, 0.1) is 6.92 Å². The van der Waals surface area contributed by atoms with Gasteiger partial charge in [0.05, 0.1) is 22.4 Å². The monoisotopic (exact) mass is 394 g/mol. The number of rotatable bonds is 6. The van der Waals surface area contributed by atoms with Crippen molar-refractivity contribution in [1.29, 1.82) is 0 Å². The lowest BCUT2D eigenvalue weighted by Gasteiger charge is -2.14. The Morgan fingerprint density at radius 1 is 1.25 bits per heavy atom. The van der Waals surface area contributed by atoms with Crippen molar-refractivity contribution in [3.63, 3.8) is 0 Å². The fraction of sp³-hybridized carbons (Fsp3) is 0.273. The molecule has 0 aliphatic carbocycles. The molecule has 3 aromatic rings. The molecular weight excluding hydrogens is 372 g/mol. The number of carbonyl (C=O) groups excluding carboxylic acids is 1. The largest absolute Gasteiger partial charge is 0.490 e. The van der Waals surface area contributed by atoms with Gasteiger partial charge in [-0.1, -0.05) is 24.3 Å². The van der Waals surface area contributed by atoms with E-state index in [1.807, 2.05) is 54.8 Å². The molecule has 2 heterocycles. The Kier molecular flexibility index (Phi) is 5.69. The summed E-state index contributed by atoms with van der Waals surface area (Å²) in [6, 6.07) is 15.0. The number of hydrogen-bond acceptors (Lipinski definition) is 5. The lowest BCUT2D eigenvalue weighted by molar-refractivity contribution is 0.0673. The highest BCUT2D eigenvalue weighted by molar-refractivity contribution is 7.09. The molecule has 6 heteroatoms. The number of para-hydroxylation sites is 1. The predicted molar refractivity (Wildman–Crippen MR) is 111 cm³/mol. The highest BCUT2D eigenvalue weighted by atomic mass is 32.1. The Balaban J connectivity index is 1.43. The number of aromatic nitrogens is 1. The van der Waals surface area contributed by atoms with Gasteiger partial charge in [-0.2, -0.15) is 0 Å². The van der Waals surface area contributed by atoms with E-state index in [0.29, 0.717) is 17.9 Å². The van der Waals surface area contributed by atoms with Crippen LogP contribution >= 0.6 is 11.3 Å². The second kappa shape index (κ2) is 8.54. The maximum absolute atomic E-state index is 12.8. The average molecular weight is 394 g/mol. The van der Waals surface area contributed by atoms with E-state index in [1.54, 1.807) is 17.4 Å². The van der Waals surface area contributed by atoms with Crippen molar-refractivity contribution in [1.82, 2.24) is 4.98 Å². The van der Waals surface area contributed by atoms with Crippen molar-refractivity contribution in [2.75, 3.05) is 18.5 Å². The third-order valence-electron chi connectivity index (χ3n) is 4.64. The van der Waals surface area contributed by atoms with E-state index in [9.17, 15) is 4.79 Å². The molecule has 1 amide bonds. The minimum Gasteiger partial charge on any atom is -0.490 e. The molecular formula is C22H22N2O3S. The number of ether oxygens (including phenoxy) is 2. The first-order valence-electron chi connectivity index (χ1n) is 9.36. The van der Waals surface area contributed by atoms with Gasteiger partial charge in [0, 0.05) is 23.2 Å². The Morgan fingerprint density at radius 2 is 2.07 bits per heavy atom. The van der Waals surface area contributed by atoms with E-state index >= 15 is 0 Å². The van der Waals surface area contributed by atoms with Crippen molar-refractivity contribution >= 4 is 22.9 Å². The zero-order valence-corrected chi connectivity index (χ0v) is 16.5. The molecule has 1 unspecified atom stereocenters. The quantitative estimate of drug-likeness (QED) is 0.644. The van der Waals surface area contributed by atoms with Crippen LogP contribution in [0.25, 0.3) is 11.3 Å². The van der Waals surface area contributed by atoms with E-state index in [4.69, 9.17) is 9.47 Å². The zero-order valence-electron chi connectivity index (χ0n) is 15.7. The summed E-state index contributed by atoms with van der Waals surface area (Å²) in [5.41, 5.74) is 3.23. The van der Waals surface area contributed by atoms with Crippen LogP contribution in [0.5, 0.6) is 5.75 Å². The van der Waals surface area contributed by atoms with Crippen molar-refractivity contribution in [2.45, 2.75) is 25.9 Å². The Hall–Kier alpha value is -2.70. The number of nitrogens with zero attached hydrogens (tertiary/aromatic N) is 1. The van der Waals surface area contributed by atoms with E-state index in [-0.39, 0.29) is 12.0 Å². The number of nitrogens with one attached hydrogen (secondary N) is 1. The van der Waals surface area contributed by atoms with Gasteiger partial charge < -0.3 is 14.8 Å². The maximum atomic E-state index is 12.8. The molecule has 1 N–H and O–H groups in total. The fourth-order valence-electron chi connectivity index (χ4n) is 3.16. The second-order valence-corrected chi connectivity index (χ2v) is 7.79. The van der Waals surface area contributed by atoms with Crippen LogP contribution in [0.2, 0.25) is 0 Å². The summed E-state index contributed by atoms with van der Waals surface area (Å²) in [7, 11) is 0. The van der Waals surface area contributed by atoms with E-state index in [1.165, 1.54) is 0 Å². The van der Waals surface area contributed by atoms with E-state index in [0.717, 1.165) is 41.4 Å². The molecule has 0 spiro atoms. The molecule has 4 rings (SSSR count). The molecule has 28 heavy (non-hydrogen) atoms. The van der Waals surface area contributed by atoms with Gasteiger partial charge in [-0.15, -0.1) is 11.3 Å². The molecule has 1 aromatic heterocycles. The summed E-state index contributed by atoms with van der Waals surface area (Å²) in [5.74, 6) is 0.380. The lowest BCUT2D eigenvalue weighted by atomic mass is 10.1. The lowest BCUT2D eigenvalue weighted by Crippen LogP contribution is -2.19. The first kappa shape index (κ1) is 18.7. The normalized spacial score (nSPS) is 16.1. The molecule has 1 atom stereocenters. The molecule has 0 radical (unpaired) electrons. The number of carbonyl (C=O) groups is 1. The summed E-state index contributed by atoms with van der Waals surface area (Å²) in [4.78, 5) is 17.2. The van der Waals surface area contributed by atoms with Crippen molar-refractivity contribution < 1.29 is 14.3 Å². The van der Waals surface area contributed by atoms with Gasteiger partial charge in [-0.25, -0.2) is 4.98 Å². The van der Waals surface area contributed by atoms with E-state index in [2.05, 4.69) is 10.3 Å². The first-order chi connectivity index (χ1) is 13.7. The van der Waals surface area contributed by atoms with E-state index < -0.39 is 0 Å². The molecule has 1 aliphatic rings. The standard InChI is InChI=1S/C22H22N2O3S/c1-15-23-20(14-28-15)16-8-10-17(11-9-16)24-22(25)19-6-2-3-7-21(19)27-13-18-5-4-12-26-18/h2-3,6-11,14,18H,4-5,12-13H2,1H3,(H,24,25). The van der Waals surface area contributed by atoms with Gasteiger partial charge in [-0.05, 0) is 44.0 Å². The van der Waals surface area contributed by atoms with Crippen molar-refractivity contribution in [3.8, 4) is 17.0 Å². The van der Waals surface area contributed by atoms with Crippen LogP contribution in [0.4, 0.5) is 5.69 Å². The SMILES string of the molecule is Cc1nc(-c2ccc(NC(=O)c3ccccc3OCC3CCCO3)cc2)cs1. The summed E-state index contributed by atoms with van der Waals surface area (Å²) in [5, 5.41) is 6.01. The van der Waals surface area contributed by atoms with Gasteiger partial charge in [0.15, 0.2) is 0 Å². The Bertz CT molecular complexity index is 946. The van der Waals surface area contributed by atoms with Crippen molar-refractivity contribution in [2.24, 2.45) is 0 Å². The summed E-state index contributed by atoms with van der Waals surface area (Å²) in [6.07, 6.45) is 2.17. The highest BCUT2D eigenvalue weighted by Crippen LogP contribution is 2.25. The number of aryl methyl sites for hydroxylation is 1. The molecule has 1 fully saturated rings. The van der Waals surface area contributed by atoms with Crippen LogP contribution in [-0.2, 0) is 4.74 Å². The maximum Gasteiger partial charge on any atom is 0.259 e. The molecule has 144 valence electrons. The third kappa shape index (κ3) is 4.40. The molecule has 0 bridgehead atoms. The molecule has 5 nitrogen and oxygen atoms in total. The van der Waals surface area contributed by atoms with Gasteiger partial charge in [0.25, 0.3) is 5.91 Å². The topological polar surface area (TPSA) is 60.5 Å². The van der Waals surface area contributed by atoms with Gasteiger partial charge in [0.1, 0.15) is 12.4 Å². The van der Waals surface area contributed by atoms with Crippen LogP contribution in [0.15, 0.2) is 53.9 Å². The Morgan fingerprint density at radius 3 is 2.79 bits per heavy atom. The van der Waals surface area contributed by atoms with Crippen LogP contribution in [0.1, 0.15) is 28.2 Å². The highest BCUT2D eigenvalue weighted by Gasteiger charge is 2.18. The predicted octanol–water partition coefficient (Wildman–Crippen LogP) is 4.93. The van der Waals surface area contributed by atoms with Gasteiger partial charge >= 0.3 is 0 Å². The Labute approximate surface area is 168 Å². The first-order valence-corrected chi connectivity index (χ1v) is 10.2. The molecule has 2 aromatic carbocycles. The van der Waals surface area contributed by atoms with Gasteiger partial charge in [0.2, 0.25) is 0 Å². The minimum absolute atomic E-state index is 0.109. The zero-order chi connectivity index (χ0) is 19.3. The van der Waals surface area contributed by atoms with Gasteiger partial charge in [-0.3, -0.25) is 4.79 Å². The smallest absolute Gasteiger partial charge is 0.259 e. The summed E-state index contributed by atoms with van der Waals surface area (Å²) in [6.45, 7) is 3.24. The van der Waals surface area contributed by atoms with Crippen molar-refractivity contribution in [3.05, 3.63) is 64.5 Å². The number of benzene rings is 2. The summed E-state index contributed by atoms with van der Waals surface area (Å²) < 4.78 is 11.5. The summed E-state index contributed by atoms with van der Waals surface area (Å²) >= 11 is 1.62. The third-order valence-corrected chi connectivity index (χ3v) is 5.41. The molecule has 0 saturated carbocycles. The number of amides is 1. The second-order valence-electron chi connectivity index (χ2n) is 6.73. The number of hydrogen-bond donors (Lipinski definition) is 1. The minimum atomic E-state index is -0.194. The average Bonchev–Trinajstić information content (AvgIpc) is 3.39.